The molecule has 1 nitrogen and oxygen atoms in total. The van der Waals surface area contributed by atoms with Crippen LogP contribution in [0, 0.1) is 0 Å². The van der Waals surface area contributed by atoms with Crippen LogP contribution in [0.4, 0.5) is 0 Å². The first-order valence-electron chi connectivity index (χ1n) is 5.89. The van der Waals surface area contributed by atoms with E-state index in [0.717, 1.165) is 12.0 Å². The van der Waals surface area contributed by atoms with Gasteiger partial charge in [-0.3, -0.25) is 0 Å². The highest BCUT2D eigenvalue weighted by atomic mass is 14.6. The molecule has 0 unspecified atom stereocenters. The van der Waals surface area contributed by atoms with Crippen molar-refractivity contribution < 1.29 is 0 Å². The van der Waals surface area contributed by atoms with Crippen molar-refractivity contribution in [1.29, 1.82) is 0 Å². The molecule has 1 aliphatic rings. The summed E-state index contributed by atoms with van der Waals surface area (Å²) in [7, 11) is 0. The smallest absolute Gasteiger partial charge is 0.0478 e. The highest BCUT2D eigenvalue weighted by Crippen LogP contribution is 2.37. The van der Waals surface area contributed by atoms with Crippen LogP contribution in [0.1, 0.15) is 22.7 Å². The van der Waals surface area contributed by atoms with E-state index in [2.05, 4.69) is 49.0 Å². The Morgan fingerprint density at radius 1 is 1.06 bits per heavy atom. The van der Waals surface area contributed by atoms with E-state index in [9.17, 15) is 0 Å². The summed E-state index contributed by atoms with van der Waals surface area (Å²) in [4.78, 5) is 0. The minimum absolute atomic E-state index is 0.0657. The quantitative estimate of drug-likeness (QED) is 0.659. The molecule has 0 bridgehead atoms. The maximum absolute atomic E-state index is 5.98. The Balaban J connectivity index is 2.10. The summed E-state index contributed by atoms with van der Waals surface area (Å²) in [6.45, 7) is 3.75. The van der Waals surface area contributed by atoms with Gasteiger partial charge >= 0.3 is 0 Å². The van der Waals surface area contributed by atoms with Crippen LogP contribution in [0.2, 0.25) is 0 Å². The van der Waals surface area contributed by atoms with Gasteiger partial charge in [-0.05, 0) is 34.2 Å². The maximum Gasteiger partial charge on any atom is 0.0478 e. The van der Waals surface area contributed by atoms with Crippen molar-refractivity contribution in [3.8, 4) is 11.1 Å². The van der Waals surface area contributed by atoms with Crippen LogP contribution < -0.4 is 5.73 Å². The highest BCUT2D eigenvalue weighted by Gasteiger charge is 2.18. The van der Waals surface area contributed by atoms with Crippen molar-refractivity contribution in [2.45, 2.75) is 12.5 Å². The lowest BCUT2D eigenvalue weighted by atomic mass is 10.00. The van der Waals surface area contributed by atoms with Gasteiger partial charge < -0.3 is 5.73 Å². The number of fused-ring (bicyclic) bond motifs is 3. The van der Waals surface area contributed by atoms with E-state index in [1.54, 1.807) is 6.08 Å². The van der Waals surface area contributed by atoms with Crippen LogP contribution in [0.25, 0.3) is 11.1 Å². The van der Waals surface area contributed by atoms with Crippen molar-refractivity contribution in [3.05, 3.63) is 71.8 Å². The van der Waals surface area contributed by atoms with Crippen molar-refractivity contribution >= 4 is 0 Å². The fourth-order valence-electron chi connectivity index (χ4n) is 2.51. The number of hydrogen-bond donors (Lipinski definition) is 1. The predicted molar refractivity (Wildman–Crippen MR) is 71.8 cm³/mol. The summed E-state index contributed by atoms with van der Waals surface area (Å²) in [5, 5.41) is 0. The largest absolute Gasteiger partial charge is 0.321 e. The summed E-state index contributed by atoms with van der Waals surface area (Å²) in [5.41, 5.74) is 12.6. The van der Waals surface area contributed by atoms with Crippen molar-refractivity contribution in [2.24, 2.45) is 5.73 Å². The molecule has 0 aromatic heterocycles. The van der Waals surface area contributed by atoms with E-state index < -0.39 is 0 Å². The maximum atomic E-state index is 5.98. The average molecular weight is 221 g/mol. The molecule has 0 saturated carbocycles. The standard InChI is InChI=1S/C16H15N/c1-2-16(17)12-7-8-15-13(10-12)9-11-5-3-4-6-14(11)15/h2-8,10,16H,1,9,17H2/t16-/m0/s1. The topological polar surface area (TPSA) is 26.0 Å². The van der Waals surface area contributed by atoms with Crippen LogP contribution >= 0.6 is 0 Å². The highest BCUT2D eigenvalue weighted by molar-refractivity contribution is 5.77. The molecule has 0 spiro atoms. The Hall–Kier alpha value is -1.86. The van der Waals surface area contributed by atoms with Crippen LogP contribution in [-0.4, -0.2) is 0 Å². The molecule has 2 aromatic carbocycles. The predicted octanol–water partition coefficient (Wildman–Crippen LogP) is 3.44. The van der Waals surface area contributed by atoms with E-state index in [0.29, 0.717) is 0 Å². The Morgan fingerprint density at radius 2 is 1.82 bits per heavy atom. The lowest BCUT2D eigenvalue weighted by Crippen LogP contribution is -2.06. The minimum atomic E-state index is -0.0657. The molecule has 0 saturated heterocycles. The fraction of sp³-hybridized carbons (Fsp3) is 0.125. The summed E-state index contributed by atoms with van der Waals surface area (Å²) < 4.78 is 0. The molecular formula is C16H15N. The molecule has 1 heteroatoms. The van der Waals surface area contributed by atoms with Gasteiger partial charge in [0.2, 0.25) is 0 Å². The van der Waals surface area contributed by atoms with E-state index in [1.807, 2.05) is 0 Å². The molecule has 1 atom stereocenters. The summed E-state index contributed by atoms with van der Waals surface area (Å²) in [6, 6.07) is 15.0. The zero-order chi connectivity index (χ0) is 11.8. The van der Waals surface area contributed by atoms with Gasteiger partial charge in [0.15, 0.2) is 0 Å². The Kier molecular flexibility index (Phi) is 2.34. The van der Waals surface area contributed by atoms with Crippen molar-refractivity contribution in [1.82, 2.24) is 0 Å². The second kappa shape index (κ2) is 3.86. The third-order valence-electron chi connectivity index (χ3n) is 3.46. The summed E-state index contributed by atoms with van der Waals surface area (Å²) in [6.07, 6.45) is 2.80. The van der Waals surface area contributed by atoms with E-state index in [4.69, 9.17) is 5.73 Å². The van der Waals surface area contributed by atoms with Gasteiger partial charge in [-0.1, -0.05) is 48.5 Å². The molecule has 2 N–H and O–H groups in total. The molecule has 84 valence electrons. The molecule has 1 aliphatic carbocycles. The number of hydrogen-bond acceptors (Lipinski definition) is 1. The molecule has 0 radical (unpaired) electrons. The molecule has 3 rings (SSSR count). The Bertz CT molecular complexity index is 584. The Morgan fingerprint density at radius 3 is 2.65 bits per heavy atom. The SMILES string of the molecule is C=C[C@H](N)c1ccc2c(c1)Cc1ccccc1-2. The number of nitrogens with two attached hydrogens (primary N) is 1. The zero-order valence-electron chi connectivity index (χ0n) is 9.69. The van der Waals surface area contributed by atoms with Gasteiger partial charge in [-0.2, -0.15) is 0 Å². The van der Waals surface area contributed by atoms with Gasteiger partial charge in [-0.25, -0.2) is 0 Å². The zero-order valence-corrected chi connectivity index (χ0v) is 9.69. The third-order valence-corrected chi connectivity index (χ3v) is 3.46. The lowest BCUT2D eigenvalue weighted by molar-refractivity contribution is 0.911. The van der Waals surface area contributed by atoms with Crippen molar-refractivity contribution in [3.63, 3.8) is 0 Å². The average Bonchev–Trinajstić information content (AvgIpc) is 2.75. The van der Waals surface area contributed by atoms with Crippen LogP contribution in [0.5, 0.6) is 0 Å². The first kappa shape index (κ1) is 10.3. The van der Waals surface area contributed by atoms with E-state index in [1.165, 1.54) is 22.3 Å². The van der Waals surface area contributed by atoms with Gasteiger partial charge in [0.25, 0.3) is 0 Å². The Labute approximate surface area is 102 Å². The van der Waals surface area contributed by atoms with E-state index >= 15 is 0 Å². The van der Waals surface area contributed by atoms with Crippen LogP contribution in [0.3, 0.4) is 0 Å². The monoisotopic (exact) mass is 221 g/mol. The summed E-state index contributed by atoms with van der Waals surface area (Å²) >= 11 is 0. The lowest BCUT2D eigenvalue weighted by Gasteiger charge is -2.09. The molecule has 17 heavy (non-hydrogen) atoms. The molecule has 2 aromatic rings. The van der Waals surface area contributed by atoms with Gasteiger partial charge in [0, 0.05) is 6.04 Å². The normalized spacial score (nSPS) is 13.9. The summed E-state index contributed by atoms with van der Waals surface area (Å²) in [5.74, 6) is 0. The minimum Gasteiger partial charge on any atom is -0.321 e. The number of rotatable bonds is 2. The first-order chi connectivity index (χ1) is 8.29. The molecule has 0 amide bonds. The van der Waals surface area contributed by atoms with Gasteiger partial charge in [0.05, 0.1) is 0 Å². The van der Waals surface area contributed by atoms with Crippen LogP contribution in [0.15, 0.2) is 55.1 Å². The molecular weight excluding hydrogens is 206 g/mol. The second-order valence-electron chi connectivity index (χ2n) is 4.51. The van der Waals surface area contributed by atoms with E-state index in [-0.39, 0.29) is 6.04 Å². The van der Waals surface area contributed by atoms with Gasteiger partial charge in [-0.15, -0.1) is 6.58 Å². The molecule has 0 aliphatic heterocycles. The fourth-order valence-corrected chi connectivity index (χ4v) is 2.51. The first-order valence-corrected chi connectivity index (χ1v) is 5.89. The second-order valence-corrected chi connectivity index (χ2v) is 4.51. The van der Waals surface area contributed by atoms with Crippen LogP contribution in [-0.2, 0) is 6.42 Å². The third kappa shape index (κ3) is 1.60. The van der Waals surface area contributed by atoms with Gasteiger partial charge in [0.1, 0.15) is 0 Å². The molecule has 0 fully saturated rings. The van der Waals surface area contributed by atoms with Crippen molar-refractivity contribution in [2.75, 3.05) is 0 Å². The number of benzene rings is 2. The molecule has 0 heterocycles.